The van der Waals surface area contributed by atoms with Gasteiger partial charge in [0.1, 0.15) is 18.6 Å². The van der Waals surface area contributed by atoms with Crippen molar-refractivity contribution in [2.75, 3.05) is 26.8 Å². The molecule has 0 N–H and O–H groups in total. The fourth-order valence-electron chi connectivity index (χ4n) is 3.38. The van der Waals surface area contributed by atoms with Crippen molar-refractivity contribution in [1.82, 2.24) is 14.5 Å². The first-order valence-electron chi connectivity index (χ1n) is 9.42. The van der Waals surface area contributed by atoms with Gasteiger partial charge in [-0.05, 0) is 33.7 Å². The number of nitrogens with zero attached hydrogens (tertiary/aromatic N) is 4. The number of fused-ring (bicyclic) bond motifs is 1. The van der Waals surface area contributed by atoms with E-state index in [-0.39, 0.29) is 5.82 Å². The summed E-state index contributed by atoms with van der Waals surface area (Å²) in [6.45, 7) is 3.33. The number of aromatic nitrogens is 2. The molecule has 4 rings (SSSR count). The van der Waals surface area contributed by atoms with Crippen molar-refractivity contribution < 1.29 is 14.4 Å². The molecular weight excluding hydrogens is 372 g/mol. The van der Waals surface area contributed by atoms with Gasteiger partial charge >= 0.3 is 11.8 Å². The standard InChI is InChI=1S/C21H22N4O4/c1-28-19-8-6-18(7-9-19)17-4-2-16(3-5-17)14-23-10-11-24-15-20(25(26)27)22-21(24)29-13-12-23/h2-9,15H,10-14H2,1H3. The third kappa shape index (κ3) is 4.38. The van der Waals surface area contributed by atoms with E-state index in [4.69, 9.17) is 9.47 Å². The van der Waals surface area contributed by atoms with Gasteiger partial charge in [-0.15, -0.1) is 0 Å². The van der Waals surface area contributed by atoms with Crippen molar-refractivity contribution in [3.05, 3.63) is 70.4 Å². The highest BCUT2D eigenvalue weighted by Gasteiger charge is 2.22. The van der Waals surface area contributed by atoms with E-state index >= 15 is 0 Å². The maximum Gasteiger partial charge on any atom is 0.414 e. The number of imidazole rings is 1. The monoisotopic (exact) mass is 394 g/mol. The number of nitro groups is 1. The Morgan fingerprint density at radius 3 is 2.41 bits per heavy atom. The summed E-state index contributed by atoms with van der Waals surface area (Å²) in [6, 6.07) is 16.8. The Morgan fingerprint density at radius 2 is 1.76 bits per heavy atom. The highest BCUT2D eigenvalue weighted by Crippen LogP contribution is 2.23. The predicted molar refractivity (Wildman–Crippen MR) is 108 cm³/mol. The summed E-state index contributed by atoms with van der Waals surface area (Å²) in [5.41, 5.74) is 3.51. The van der Waals surface area contributed by atoms with Crippen LogP contribution in [0.1, 0.15) is 5.56 Å². The van der Waals surface area contributed by atoms with Gasteiger partial charge in [0.25, 0.3) is 0 Å². The fraction of sp³-hybridized carbons (Fsp3) is 0.286. The van der Waals surface area contributed by atoms with E-state index in [1.54, 1.807) is 11.7 Å². The number of hydrogen-bond acceptors (Lipinski definition) is 6. The summed E-state index contributed by atoms with van der Waals surface area (Å²) in [4.78, 5) is 16.6. The molecule has 8 nitrogen and oxygen atoms in total. The van der Waals surface area contributed by atoms with Gasteiger partial charge in [-0.2, -0.15) is 0 Å². The summed E-state index contributed by atoms with van der Waals surface area (Å²) < 4.78 is 12.5. The van der Waals surface area contributed by atoms with E-state index in [9.17, 15) is 10.1 Å². The van der Waals surface area contributed by atoms with E-state index in [0.29, 0.717) is 19.2 Å². The lowest BCUT2D eigenvalue weighted by Gasteiger charge is -2.24. The van der Waals surface area contributed by atoms with Crippen LogP contribution < -0.4 is 9.47 Å². The molecule has 0 saturated carbocycles. The first-order valence-corrected chi connectivity index (χ1v) is 9.42. The molecule has 3 aromatic rings. The van der Waals surface area contributed by atoms with Crippen molar-refractivity contribution in [1.29, 1.82) is 0 Å². The lowest BCUT2D eigenvalue weighted by Crippen LogP contribution is -2.33. The SMILES string of the molecule is COc1ccc(-c2ccc(CN3CCOc4nc([N+](=O)[O-])cn4CC3)cc2)cc1. The molecule has 0 unspecified atom stereocenters. The van der Waals surface area contributed by atoms with Crippen molar-refractivity contribution in [3.63, 3.8) is 0 Å². The number of rotatable bonds is 5. The third-order valence-corrected chi connectivity index (χ3v) is 4.99. The Morgan fingerprint density at radius 1 is 1.07 bits per heavy atom. The largest absolute Gasteiger partial charge is 0.497 e. The normalized spacial score (nSPS) is 14.4. The van der Waals surface area contributed by atoms with Crippen molar-refractivity contribution in [2.45, 2.75) is 13.1 Å². The van der Waals surface area contributed by atoms with Gasteiger partial charge in [0, 0.05) is 31.2 Å². The molecule has 0 aliphatic carbocycles. The van der Waals surface area contributed by atoms with Gasteiger partial charge in [0.15, 0.2) is 0 Å². The maximum absolute atomic E-state index is 10.9. The fourth-order valence-corrected chi connectivity index (χ4v) is 3.38. The molecule has 0 amide bonds. The molecule has 2 aromatic carbocycles. The minimum atomic E-state index is -0.497. The molecule has 1 aromatic heterocycles. The summed E-state index contributed by atoms with van der Waals surface area (Å²) in [5, 5.41) is 10.9. The Labute approximate surface area is 168 Å². The van der Waals surface area contributed by atoms with E-state index in [0.717, 1.165) is 36.5 Å². The average Bonchev–Trinajstić information content (AvgIpc) is 3.13. The van der Waals surface area contributed by atoms with Crippen molar-refractivity contribution in [3.8, 4) is 22.9 Å². The zero-order valence-corrected chi connectivity index (χ0v) is 16.2. The minimum absolute atomic E-state index is 0.178. The molecule has 2 heterocycles. The smallest absolute Gasteiger partial charge is 0.414 e. The third-order valence-electron chi connectivity index (χ3n) is 4.99. The lowest BCUT2D eigenvalue weighted by atomic mass is 10.0. The quantitative estimate of drug-likeness (QED) is 0.487. The molecule has 150 valence electrons. The molecule has 0 spiro atoms. The molecule has 1 aliphatic heterocycles. The maximum atomic E-state index is 10.9. The average molecular weight is 394 g/mol. The molecule has 8 heteroatoms. The van der Waals surface area contributed by atoms with Crippen LogP contribution in [0.25, 0.3) is 11.1 Å². The molecule has 0 radical (unpaired) electrons. The Hall–Kier alpha value is -3.39. The summed E-state index contributed by atoms with van der Waals surface area (Å²) in [6.07, 6.45) is 1.43. The molecule has 0 atom stereocenters. The van der Waals surface area contributed by atoms with Crippen LogP contribution in [0, 0.1) is 10.1 Å². The summed E-state index contributed by atoms with van der Waals surface area (Å²) >= 11 is 0. The van der Waals surface area contributed by atoms with Crippen LogP contribution in [0.3, 0.4) is 0 Å². The highest BCUT2D eigenvalue weighted by molar-refractivity contribution is 5.64. The molecule has 1 aliphatic rings. The second kappa shape index (κ2) is 8.32. The molecule has 0 fully saturated rings. The van der Waals surface area contributed by atoms with Crippen LogP contribution in [-0.4, -0.2) is 46.2 Å². The van der Waals surface area contributed by atoms with Gasteiger partial charge in [-0.25, -0.2) is 0 Å². The highest BCUT2D eigenvalue weighted by atomic mass is 16.6. The lowest BCUT2D eigenvalue weighted by molar-refractivity contribution is -0.389. The molecule has 0 saturated heterocycles. The first-order chi connectivity index (χ1) is 14.1. The van der Waals surface area contributed by atoms with Crippen LogP contribution >= 0.6 is 0 Å². The van der Waals surface area contributed by atoms with Crippen LogP contribution in [0.2, 0.25) is 0 Å². The number of hydrogen-bond donors (Lipinski definition) is 0. The second-order valence-electron chi connectivity index (χ2n) is 6.88. The first kappa shape index (κ1) is 18.9. The van der Waals surface area contributed by atoms with Crippen molar-refractivity contribution >= 4 is 5.82 Å². The van der Waals surface area contributed by atoms with Crippen LogP contribution in [0.4, 0.5) is 5.82 Å². The number of methoxy groups -OCH3 is 1. The zero-order valence-electron chi connectivity index (χ0n) is 16.2. The van der Waals surface area contributed by atoms with E-state index < -0.39 is 4.92 Å². The number of benzene rings is 2. The van der Waals surface area contributed by atoms with Gasteiger partial charge in [-0.1, -0.05) is 36.4 Å². The van der Waals surface area contributed by atoms with Gasteiger partial charge in [0.05, 0.1) is 7.11 Å². The molecule has 29 heavy (non-hydrogen) atoms. The molecular formula is C21H22N4O4. The Kier molecular flexibility index (Phi) is 5.44. The van der Waals surface area contributed by atoms with Gasteiger partial charge in [-0.3, -0.25) is 9.47 Å². The van der Waals surface area contributed by atoms with E-state index in [2.05, 4.69) is 34.1 Å². The van der Waals surface area contributed by atoms with E-state index in [1.807, 2.05) is 24.3 Å². The second-order valence-corrected chi connectivity index (χ2v) is 6.88. The predicted octanol–water partition coefficient (Wildman–Crippen LogP) is 3.36. The van der Waals surface area contributed by atoms with E-state index in [1.165, 1.54) is 11.8 Å². The minimum Gasteiger partial charge on any atom is -0.497 e. The number of ether oxygens (including phenoxy) is 2. The van der Waals surface area contributed by atoms with Crippen LogP contribution in [0.15, 0.2) is 54.7 Å². The topological polar surface area (TPSA) is 82.7 Å². The Bertz CT molecular complexity index is 983. The Balaban J connectivity index is 1.40. The molecule has 0 bridgehead atoms. The van der Waals surface area contributed by atoms with Crippen LogP contribution in [-0.2, 0) is 13.1 Å². The van der Waals surface area contributed by atoms with Crippen LogP contribution in [0.5, 0.6) is 11.8 Å². The van der Waals surface area contributed by atoms with Crippen molar-refractivity contribution in [2.24, 2.45) is 0 Å². The van der Waals surface area contributed by atoms with Gasteiger partial charge < -0.3 is 19.6 Å². The summed E-state index contributed by atoms with van der Waals surface area (Å²) in [7, 11) is 1.66. The zero-order chi connectivity index (χ0) is 20.2. The summed E-state index contributed by atoms with van der Waals surface area (Å²) in [5.74, 6) is 0.665. The van der Waals surface area contributed by atoms with Gasteiger partial charge in [0.2, 0.25) is 0 Å².